The predicted molar refractivity (Wildman–Crippen MR) is 83.4 cm³/mol. The number of hydrogen-bond acceptors (Lipinski definition) is 1. The van der Waals surface area contributed by atoms with Crippen molar-refractivity contribution in [3.63, 3.8) is 0 Å². The highest BCUT2D eigenvalue weighted by molar-refractivity contribution is 14.1. The molecule has 1 aliphatic rings. The van der Waals surface area contributed by atoms with Crippen molar-refractivity contribution in [2.24, 2.45) is 5.92 Å². The number of nitrogens with one attached hydrogen (secondary N) is 1. The number of anilines is 1. The highest BCUT2D eigenvalue weighted by Gasteiger charge is 2.20. The molecule has 0 aromatic heterocycles. The standard InChI is InChI=1S/C15H21FIN/c1-2-3-11-4-7-13(8-5-11)18-15-9-6-12(16)10-14(15)17/h6,9-11,13,18H,2-5,7-8H2,1H3. The van der Waals surface area contributed by atoms with E-state index in [-0.39, 0.29) is 5.82 Å². The number of benzene rings is 1. The fraction of sp³-hybridized carbons (Fsp3) is 0.600. The summed E-state index contributed by atoms with van der Waals surface area (Å²) in [4.78, 5) is 0. The van der Waals surface area contributed by atoms with Gasteiger partial charge in [-0.3, -0.25) is 0 Å². The first-order valence-corrected chi connectivity index (χ1v) is 7.98. The summed E-state index contributed by atoms with van der Waals surface area (Å²) in [5.41, 5.74) is 1.08. The molecule has 1 aliphatic carbocycles. The summed E-state index contributed by atoms with van der Waals surface area (Å²) < 4.78 is 14.0. The second kappa shape index (κ2) is 6.73. The van der Waals surface area contributed by atoms with Gasteiger partial charge < -0.3 is 5.32 Å². The Balaban J connectivity index is 1.87. The number of hydrogen-bond donors (Lipinski definition) is 1. The molecule has 1 fully saturated rings. The normalized spacial score (nSPS) is 23.9. The van der Waals surface area contributed by atoms with Crippen LogP contribution in [0.25, 0.3) is 0 Å². The zero-order chi connectivity index (χ0) is 13.0. The van der Waals surface area contributed by atoms with E-state index >= 15 is 0 Å². The highest BCUT2D eigenvalue weighted by Crippen LogP contribution is 2.30. The maximum Gasteiger partial charge on any atom is 0.124 e. The Labute approximate surface area is 123 Å². The summed E-state index contributed by atoms with van der Waals surface area (Å²) in [6, 6.07) is 5.55. The van der Waals surface area contributed by atoms with Gasteiger partial charge in [-0.15, -0.1) is 0 Å². The molecule has 1 nitrogen and oxygen atoms in total. The Hall–Kier alpha value is -0.320. The van der Waals surface area contributed by atoms with Crippen LogP contribution in [0.15, 0.2) is 18.2 Å². The maximum absolute atomic E-state index is 13.0. The fourth-order valence-corrected chi connectivity index (χ4v) is 3.46. The van der Waals surface area contributed by atoms with Crippen LogP contribution < -0.4 is 5.32 Å². The summed E-state index contributed by atoms with van der Waals surface area (Å²) in [7, 11) is 0. The van der Waals surface area contributed by atoms with Crippen molar-refractivity contribution in [1.29, 1.82) is 0 Å². The molecule has 1 N–H and O–H groups in total. The fourth-order valence-electron chi connectivity index (χ4n) is 2.83. The molecule has 0 unspecified atom stereocenters. The van der Waals surface area contributed by atoms with Crippen molar-refractivity contribution >= 4 is 28.3 Å². The molecule has 100 valence electrons. The van der Waals surface area contributed by atoms with E-state index in [9.17, 15) is 4.39 Å². The summed E-state index contributed by atoms with van der Waals surface area (Å²) in [6.07, 6.45) is 7.85. The van der Waals surface area contributed by atoms with Gasteiger partial charge in [-0.05, 0) is 72.4 Å². The minimum atomic E-state index is -0.156. The van der Waals surface area contributed by atoms with Crippen molar-refractivity contribution in [2.45, 2.75) is 51.5 Å². The van der Waals surface area contributed by atoms with E-state index in [0.29, 0.717) is 6.04 Å². The third kappa shape index (κ3) is 3.84. The van der Waals surface area contributed by atoms with Crippen molar-refractivity contribution < 1.29 is 4.39 Å². The van der Waals surface area contributed by atoms with Gasteiger partial charge in [-0.25, -0.2) is 4.39 Å². The van der Waals surface area contributed by atoms with E-state index in [1.165, 1.54) is 44.6 Å². The molecule has 0 atom stereocenters. The van der Waals surface area contributed by atoms with E-state index in [2.05, 4.69) is 34.8 Å². The first-order valence-electron chi connectivity index (χ1n) is 6.90. The summed E-state index contributed by atoms with van der Waals surface area (Å²) in [5.74, 6) is 0.775. The van der Waals surface area contributed by atoms with Gasteiger partial charge in [0.2, 0.25) is 0 Å². The molecule has 1 aromatic carbocycles. The van der Waals surface area contributed by atoms with Crippen LogP contribution in [0.5, 0.6) is 0 Å². The topological polar surface area (TPSA) is 12.0 Å². The predicted octanol–water partition coefficient (Wildman–Crippen LogP) is 5.20. The zero-order valence-electron chi connectivity index (χ0n) is 10.9. The first-order chi connectivity index (χ1) is 8.69. The molecule has 18 heavy (non-hydrogen) atoms. The van der Waals surface area contributed by atoms with E-state index in [1.807, 2.05) is 6.07 Å². The van der Waals surface area contributed by atoms with E-state index in [0.717, 1.165) is 15.2 Å². The largest absolute Gasteiger partial charge is 0.381 e. The molecule has 0 heterocycles. The van der Waals surface area contributed by atoms with Crippen LogP contribution in [-0.2, 0) is 0 Å². The number of rotatable bonds is 4. The van der Waals surface area contributed by atoms with Crippen LogP contribution in [0.4, 0.5) is 10.1 Å². The van der Waals surface area contributed by atoms with Gasteiger partial charge in [0.05, 0.1) is 0 Å². The SMILES string of the molecule is CCCC1CCC(Nc2ccc(F)cc2I)CC1. The third-order valence-electron chi connectivity index (χ3n) is 3.83. The lowest BCUT2D eigenvalue weighted by Gasteiger charge is -2.30. The maximum atomic E-state index is 13.0. The summed E-state index contributed by atoms with van der Waals surface area (Å²) >= 11 is 2.20. The first kappa shape index (κ1) is 14.1. The van der Waals surface area contributed by atoms with Crippen molar-refractivity contribution in [1.82, 2.24) is 0 Å². The minimum absolute atomic E-state index is 0.156. The molecule has 0 aliphatic heterocycles. The Kier molecular flexibility index (Phi) is 5.27. The van der Waals surface area contributed by atoms with Crippen molar-refractivity contribution in [2.75, 3.05) is 5.32 Å². The smallest absolute Gasteiger partial charge is 0.124 e. The lowest BCUT2D eigenvalue weighted by Crippen LogP contribution is -2.26. The van der Waals surface area contributed by atoms with E-state index in [4.69, 9.17) is 0 Å². The molecular formula is C15H21FIN. The Bertz CT molecular complexity index is 386. The third-order valence-corrected chi connectivity index (χ3v) is 4.73. The van der Waals surface area contributed by atoms with Gasteiger partial charge in [0.25, 0.3) is 0 Å². The van der Waals surface area contributed by atoms with Gasteiger partial charge in [0, 0.05) is 15.3 Å². The molecule has 0 radical (unpaired) electrons. The quantitative estimate of drug-likeness (QED) is 0.727. The van der Waals surface area contributed by atoms with Gasteiger partial charge in [-0.1, -0.05) is 19.8 Å². The van der Waals surface area contributed by atoms with Gasteiger partial charge in [0.1, 0.15) is 5.82 Å². The summed E-state index contributed by atoms with van der Waals surface area (Å²) in [5, 5.41) is 3.56. The van der Waals surface area contributed by atoms with Gasteiger partial charge in [0.15, 0.2) is 0 Å². The molecule has 2 rings (SSSR count). The Morgan fingerprint density at radius 1 is 1.28 bits per heavy atom. The molecular weight excluding hydrogens is 340 g/mol. The van der Waals surface area contributed by atoms with Gasteiger partial charge >= 0.3 is 0 Å². The van der Waals surface area contributed by atoms with Crippen molar-refractivity contribution in [3.05, 3.63) is 27.6 Å². The van der Waals surface area contributed by atoms with E-state index in [1.54, 1.807) is 6.07 Å². The van der Waals surface area contributed by atoms with E-state index < -0.39 is 0 Å². The lowest BCUT2D eigenvalue weighted by molar-refractivity contribution is 0.319. The second-order valence-electron chi connectivity index (χ2n) is 5.27. The van der Waals surface area contributed by atoms with Crippen molar-refractivity contribution in [3.8, 4) is 0 Å². The monoisotopic (exact) mass is 361 g/mol. The van der Waals surface area contributed by atoms with Crippen LogP contribution in [0, 0.1) is 15.3 Å². The van der Waals surface area contributed by atoms with Crippen LogP contribution >= 0.6 is 22.6 Å². The van der Waals surface area contributed by atoms with Crippen LogP contribution in [0.2, 0.25) is 0 Å². The minimum Gasteiger partial charge on any atom is -0.381 e. The average Bonchev–Trinajstić information content (AvgIpc) is 2.35. The summed E-state index contributed by atoms with van der Waals surface area (Å²) in [6.45, 7) is 2.27. The molecule has 0 spiro atoms. The van der Waals surface area contributed by atoms with Crippen LogP contribution in [0.1, 0.15) is 45.4 Å². The highest BCUT2D eigenvalue weighted by atomic mass is 127. The average molecular weight is 361 g/mol. The molecule has 1 aromatic rings. The lowest BCUT2D eigenvalue weighted by atomic mass is 9.83. The van der Waals surface area contributed by atoms with Gasteiger partial charge in [-0.2, -0.15) is 0 Å². The second-order valence-corrected chi connectivity index (χ2v) is 6.44. The zero-order valence-corrected chi connectivity index (χ0v) is 13.0. The Morgan fingerprint density at radius 2 is 2.00 bits per heavy atom. The molecule has 3 heteroatoms. The number of halogens is 2. The molecule has 0 bridgehead atoms. The Morgan fingerprint density at radius 3 is 2.61 bits per heavy atom. The van der Waals surface area contributed by atoms with Crippen LogP contribution in [-0.4, -0.2) is 6.04 Å². The molecule has 0 saturated heterocycles. The van der Waals surface area contributed by atoms with Crippen LogP contribution in [0.3, 0.4) is 0 Å². The molecule has 0 amide bonds. The molecule has 1 saturated carbocycles.